The van der Waals surface area contributed by atoms with Crippen LogP contribution >= 0.6 is 23.2 Å². The lowest BCUT2D eigenvalue weighted by Crippen LogP contribution is -2.30. The Morgan fingerprint density at radius 1 is 1.07 bits per heavy atom. The van der Waals surface area contributed by atoms with Crippen LogP contribution in [0.3, 0.4) is 0 Å². The van der Waals surface area contributed by atoms with E-state index >= 15 is 0 Å². The van der Waals surface area contributed by atoms with Crippen molar-refractivity contribution >= 4 is 33.2 Å². The van der Waals surface area contributed by atoms with Gasteiger partial charge in [-0.3, -0.25) is 4.57 Å². The number of aromatic nitrogens is 3. The van der Waals surface area contributed by atoms with E-state index in [1.54, 1.807) is 4.57 Å². The van der Waals surface area contributed by atoms with Crippen LogP contribution in [0.1, 0.15) is 37.7 Å². The highest BCUT2D eigenvalue weighted by Gasteiger charge is 2.26. The minimum atomic E-state index is -3.85. The van der Waals surface area contributed by atoms with Gasteiger partial charge < -0.3 is 4.74 Å². The quantitative estimate of drug-likeness (QED) is 0.494. The first kappa shape index (κ1) is 22.6. The van der Waals surface area contributed by atoms with Crippen molar-refractivity contribution in [1.82, 2.24) is 19.5 Å². The maximum Gasteiger partial charge on any atom is 0.322 e. The van der Waals surface area contributed by atoms with Crippen molar-refractivity contribution in [2.45, 2.75) is 44.7 Å². The van der Waals surface area contributed by atoms with Crippen LogP contribution in [-0.2, 0) is 16.6 Å². The number of ether oxygens (including phenoxy) is 1. The van der Waals surface area contributed by atoms with E-state index < -0.39 is 16.1 Å². The van der Waals surface area contributed by atoms with E-state index in [9.17, 15) is 8.42 Å². The highest BCUT2D eigenvalue weighted by Crippen LogP contribution is 2.28. The standard InChI is InChI=1S/C20H22Cl2N4O3S/c1-4-18(25-30(27,28)15-10-11-16(21)17(22)12-15)19-23-24-20(26(19)5-2)29-14-8-6-13(3)7-9-14/h6-12,18,25H,4-5H2,1-3H3. The first-order chi connectivity index (χ1) is 14.2. The summed E-state index contributed by atoms with van der Waals surface area (Å²) in [5.74, 6) is 1.09. The molecule has 3 rings (SSSR count). The molecular formula is C20H22Cl2N4O3S. The second kappa shape index (κ2) is 9.34. The van der Waals surface area contributed by atoms with Gasteiger partial charge in [-0.1, -0.05) is 52.9 Å². The maximum atomic E-state index is 12.9. The summed E-state index contributed by atoms with van der Waals surface area (Å²) in [5.41, 5.74) is 1.11. The summed E-state index contributed by atoms with van der Waals surface area (Å²) in [6.07, 6.45) is 0.462. The van der Waals surface area contributed by atoms with Gasteiger partial charge in [0.25, 0.3) is 0 Å². The molecule has 1 unspecified atom stereocenters. The molecule has 1 heterocycles. The van der Waals surface area contributed by atoms with E-state index in [-0.39, 0.29) is 14.9 Å². The number of hydrogen-bond donors (Lipinski definition) is 1. The SMILES string of the molecule is CCC(NS(=O)(=O)c1ccc(Cl)c(Cl)c1)c1nnc(Oc2ccc(C)cc2)n1CC. The predicted molar refractivity (Wildman–Crippen MR) is 117 cm³/mol. The van der Waals surface area contributed by atoms with Gasteiger partial charge in [0.05, 0.1) is 21.0 Å². The lowest BCUT2D eigenvalue weighted by molar-refractivity contribution is 0.405. The summed E-state index contributed by atoms with van der Waals surface area (Å²) in [6.45, 7) is 6.27. The third-order valence-electron chi connectivity index (χ3n) is 4.51. The summed E-state index contributed by atoms with van der Waals surface area (Å²) in [7, 11) is -3.85. The van der Waals surface area contributed by atoms with Crippen molar-refractivity contribution < 1.29 is 13.2 Å². The third kappa shape index (κ3) is 4.95. The summed E-state index contributed by atoms with van der Waals surface area (Å²) >= 11 is 11.9. The Bertz CT molecular complexity index is 1130. The zero-order valence-electron chi connectivity index (χ0n) is 16.8. The summed E-state index contributed by atoms with van der Waals surface area (Å²) < 4.78 is 36.0. The molecule has 7 nitrogen and oxygen atoms in total. The molecule has 0 aliphatic carbocycles. The minimum absolute atomic E-state index is 0.0223. The Morgan fingerprint density at radius 3 is 2.37 bits per heavy atom. The van der Waals surface area contributed by atoms with Gasteiger partial charge in [-0.25, -0.2) is 13.1 Å². The molecular weight excluding hydrogens is 447 g/mol. The summed E-state index contributed by atoms with van der Waals surface area (Å²) in [6, 6.07) is 11.4. The summed E-state index contributed by atoms with van der Waals surface area (Å²) in [5, 5.41) is 8.76. The predicted octanol–water partition coefficient (Wildman–Crippen LogP) is 5.14. The molecule has 30 heavy (non-hydrogen) atoms. The molecule has 0 amide bonds. The molecule has 0 bridgehead atoms. The van der Waals surface area contributed by atoms with Gasteiger partial charge in [0, 0.05) is 6.54 Å². The van der Waals surface area contributed by atoms with Crippen molar-refractivity contribution in [3.63, 3.8) is 0 Å². The van der Waals surface area contributed by atoms with Gasteiger partial charge in [0.2, 0.25) is 10.0 Å². The molecule has 1 N–H and O–H groups in total. The lowest BCUT2D eigenvalue weighted by Gasteiger charge is -2.18. The molecule has 0 saturated carbocycles. The molecule has 0 aliphatic rings. The van der Waals surface area contributed by atoms with Crippen molar-refractivity contribution in [3.05, 3.63) is 63.9 Å². The van der Waals surface area contributed by atoms with Gasteiger partial charge in [-0.2, -0.15) is 0 Å². The molecule has 0 aliphatic heterocycles. The van der Waals surface area contributed by atoms with Gasteiger partial charge in [0.1, 0.15) is 5.75 Å². The van der Waals surface area contributed by atoms with Crippen LogP contribution in [-0.4, -0.2) is 23.2 Å². The van der Waals surface area contributed by atoms with Gasteiger partial charge in [-0.05, 0) is 50.6 Å². The van der Waals surface area contributed by atoms with Crippen molar-refractivity contribution in [3.8, 4) is 11.8 Å². The zero-order valence-corrected chi connectivity index (χ0v) is 19.1. The normalized spacial score (nSPS) is 12.7. The van der Waals surface area contributed by atoms with Crippen LogP contribution in [0.2, 0.25) is 10.0 Å². The van der Waals surface area contributed by atoms with Gasteiger partial charge in [0.15, 0.2) is 5.82 Å². The molecule has 0 saturated heterocycles. The van der Waals surface area contributed by atoms with Crippen LogP contribution < -0.4 is 9.46 Å². The van der Waals surface area contributed by atoms with Crippen LogP contribution in [0.25, 0.3) is 0 Å². The Hall–Kier alpha value is -2.13. The van der Waals surface area contributed by atoms with E-state index in [2.05, 4.69) is 14.9 Å². The monoisotopic (exact) mass is 468 g/mol. The average Bonchev–Trinajstić information content (AvgIpc) is 3.12. The Balaban J connectivity index is 1.88. The highest BCUT2D eigenvalue weighted by atomic mass is 35.5. The van der Waals surface area contributed by atoms with Gasteiger partial charge in [-0.15, -0.1) is 5.10 Å². The minimum Gasteiger partial charge on any atom is -0.424 e. The molecule has 3 aromatic rings. The highest BCUT2D eigenvalue weighted by molar-refractivity contribution is 7.89. The molecule has 160 valence electrons. The molecule has 1 atom stereocenters. The smallest absolute Gasteiger partial charge is 0.322 e. The molecule has 1 aromatic heterocycles. The molecule has 0 radical (unpaired) electrons. The van der Waals surface area contributed by atoms with Gasteiger partial charge >= 0.3 is 6.01 Å². The Kier molecular flexibility index (Phi) is 7.02. The largest absolute Gasteiger partial charge is 0.424 e. The van der Waals surface area contributed by atoms with Crippen LogP contribution in [0, 0.1) is 6.92 Å². The van der Waals surface area contributed by atoms with E-state index in [0.717, 1.165) is 5.56 Å². The number of nitrogens with zero attached hydrogens (tertiary/aromatic N) is 3. The maximum absolute atomic E-state index is 12.9. The topological polar surface area (TPSA) is 86.1 Å². The second-order valence-corrected chi connectivity index (χ2v) is 9.19. The van der Waals surface area contributed by atoms with Crippen molar-refractivity contribution in [1.29, 1.82) is 0 Å². The Labute approximate surface area is 186 Å². The fraction of sp³-hybridized carbons (Fsp3) is 0.300. The first-order valence-electron chi connectivity index (χ1n) is 9.40. The van der Waals surface area contributed by atoms with E-state index in [4.69, 9.17) is 27.9 Å². The first-order valence-corrected chi connectivity index (χ1v) is 11.6. The van der Waals surface area contributed by atoms with Crippen molar-refractivity contribution in [2.24, 2.45) is 0 Å². The third-order valence-corrected chi connectivity index (χ3v) is 6.72. The molecule has 0 spiro atoms. The van der Waals surface area contributed by atoms with E-state index in [1.807, 2.05) is 45.0 Å². The fourth-order valence-corrected chi connectivity index (χ4v) is 4.53. The van der Waals surface area contributed by atoms with Crippen LogP contribution in [0.5, 0.6) is 11.8 Å². The number of rotatable bonds is 8. The second-order valence-electron chi connectivity index (χ2n) is 6.66. The number of benzene rings is 2. The molecule has 2 aromatic carbocycles. The molecule has 10 heteroatoms. The summed E-state index contributed by atoms with van der Waals surface area (Å²) in [4.78, 5) is 0.0223. The number of sulfonamides is 1. The van der Waals surface area contributed by atoms with Crippen LogP contribution in [0.15, 0.2) is 47.4 Å². The van der Waals surface area contributed by atoms with Crippen molar-refractivity contribution in [2.75, 3.05) is 0 Å². The Morgan fingerprint density at radius 2 is 1.77 bits per heavy atom. The number of hydrogen-bond acceptors (Lipinski definition) is 5. The molecule has 0 fully saturated rings. The number of halogens is 2. The number of aryl methyl sites for hydroxylation is 1. The van der Waals surface area contributed by atoms with E-state index in [0.29, 0.717) is 30.5 Å². The fourth-order valence-electron chi connectivity index (χ4n) is 2.86. The van der Waals surface area contributed by atoms with E-state index in [1.165, 1.54) is 18.2 Å². The number of nitrogens with one attached hydrogen (secondary N) is 1. The zero-order chi connectivity index (χ0) is 21.9. The van der Waals surface area contributed by atoms with Crippen LogP contribution in [0.4, 0.5) is 0 Å². The lowest BCUT2D eigenvalue weighted by atomic mass is 10.2. The average molecular weight is 469 g/mol.